The number of aliphatic hydroxyl groups is 1. The third kappa shape index (κ3) is 3.23. The van der Waals surface area contributed by atoms with Crippen LogP contribution in [0.2, 0.25) is 0 Å². The fraction of sp³-hybridized carbons (Fsp3) is 0.667. The van der Waals surface area contributed by atoms with Crippen molar-refractivity contribution in [1.82, 2.24) is 10.2 Å². The number of carbonyl (C=O) groups excluding carboxylic acids is 1. The molecule has 0 aromatic carbocycles. The summed E-state index contributed by atoms with van der Waals surface area (Å²) < 4.78 is 0. The Labute approximate surface area is 89.4 Å². The van der Waals surface area contributed by atoms with Crippen LogP contribution in [-0.2, 0) is 4.79 Å². The molecule has 1 aliphatic heterocycles. The van der Waals surface area contributed by atoms with Crippen molar-refractivity contribution in [2.75, 3.05) is 13.1 Å². The van der Waals surface area contributed by atoms with Gasteiger partial charge in [0.1, 0.15) is 0 Å². The molecular weight excluding hydrogens is 200 g/mol. The second-order valence-electron chi connectivity index (χ2n) is 3.55. The molecule has 2 N–H and O–H groups in total. The first-order valence-electron chi connectivity index (χ1n) is 4.57. The number of carbonyl (C=O) groups is 1. The largest absolute Gasteiger partial charge is 0.391 e. The van der Waals surface area contributed by atoms with E-state index in [9.17, 15) is 9.90 Å². The third-order valence-electron chi connectivity index (χ3n) is 2.05. The molecule has 14 heavy (non-hydrogen) atoms. The highest BCUT2D eigenvalue weighted by atomic mass is 32.1. The Morgan fingerprint density at radius 2 is 2.57 bits per heavy atom. The Morgan fingerprint density at radius 1 is 1.93 bits per heavy atom. The molecule has 0 radical (unpaired) electrons. The number of hydrogen-bond acceptors (Lipinski definition) is 4. The maximum Gasteiger partial charge on any atom is 0.240 e. The van der Waals surface area contributed by atoms with Crippen molar-refractivity contribution in [1.29, 1.82) is 0 Å². The summed E-state index contributed by atoms with van der Waals surface area (Å²) in [6, 6.07) is 0. The smallest absolute Gasteiger partial charge is 0.240 e. The summed E-state index contributed by atoms with van der Waals surface area (Å²) in [4.78, 5) is 13.1. The van der Waals surface area contributed by atoms with E-state index in [1.54, 1.807) is 11.8 Å². The second kappa shape index (κ2) is 4.70. The number of β-amino-alcohol motifs (C(OH)–C–C–N with tert-alkyl or cyclic N) is 1. The molecular formula is C9H16N2O2S. The predicted octanol–water partition coefficient (Wildman–Crippen LogP) is -0.0413. The van der Waals surface area contributed by atoms with Crippen LogP contribution in [0.3, 0.4) is 0 Å². The first-order valence-corrected chi connectivity index (χ1v) is 5.09. The zero-order valence-corrected chi connectivity index (χ0v) is 9.13. The van der Waals surface area contributed by atoms with E-state index in [1.807, 2.05) is 0 Å². The lowest BCUT2D eigenvalue weighted by Gasteiger charge is -2.19. The second-order valence-corrected chi connectivity index (χ2v) is 4.32. The number of thiol groups is 1. The summed E-state index contributed by atoms with van der Waals surface area (Å²) in [6.45, 7) is 6.32. The van der Waals surface area contributed by atoms with Crippen molar-refractivity contribution in [3.05, 3.63) is 12.3 Å². The maximum absolute atomic E-state index is 11.3. The molecule has 1 aliphatic rings. The Bertz CT molecular complexity index is 243. The van der Waals surface area contributed by atoms with E-state index >= 15 is 0 Å². The molecule has 1 heterocycles. The molecule has 1 amide bonds. The van der Waals surface area contributed by atoms with Crippen LogP contribution in [0.4, 0.5) is 0 Å². The molecule has 1 fully saturated rings. The van der Waals surface area contributed by atoms with Crippen molar-refractivity contribution < 1.29 is 9.90 Å². The molecule has 5 heteroatoms. The van der Waals surface area contributed by atoms with E-state index in [4.69, 9.17) is 0 Å². The molecule has 2 atom stereocenters. The lowest BCUT2D eigenvalue weighted by molar-refractivity contribution is -0.121. The Morgan fingerprint density at radius 3 is 3.00 bits per heavy atom. The average Bonchev–Trinajstić information content (AvgIpc) is 2.28. The normalized spacial score (nSPS) is 23.8. The maximum atomic E-state index is 11.3. The first kappa shape index (κ1) is 11.4. The van der Waals surface area contributed by atoms with Gasteiger partial charge in [0.05, 0.1) is 18.0 Å². The number of aliphatic hydroxyl groups excluding tert-OH is 1. The molecule has 0 bridgehead atoms. The summed E-state index contributed by atoms with van der Waals surface area (Å²) in [6.07, 6.45) is 0.174. The van der Waals surface area contributed by atoms with Crippen molar-refractivity contribution in [2.45, 2.75) is 24.8 Å². The Hall–Kier alpha value is -0.680. The van der Waals surface area contributed by atoms with Crippen molar-refractivity contribution >= 4 is 18.5 Å². The SMILES string of the molecule is C=C1CC(O)CN1CC(=O)NC(C)S. The van der Waals surface area contributed by atoms with E-state index in [2.05, 4.69) is 24.5 Å². The van der Waals surface area contributed by atoms with Gasteiger partial charge in [-0.3, -0.25) is 4.79 Å². The Balaban J connectivity index is 2.37. The van der Waals surface area contributed by atoms with Gasteiger partial charge >= 0.3 is 0 Å². The zero-order chi connectivity index (χ0) is 10.7. The van der Waals surface area contributed by atoms with Crippen LogP contribution in [0.1, 0.15) is 13.3 Å². The monoisotopic (exact) mass is 216 g/mol. The van der Waals surface area contributed by atoms with Gasteiger partial charge in [-0.2, -0.15) is 12.6 Å². The van der Waals surface area contributed by atoms with Crippen LogP contribution >= 0.6 is 12.6 Å². The zero-order valence-electron chi connectivity index (χ0n) is 8.23. The number of nitrogens with zero attached hydrogens (tertiary/aromatic N) is 1. The summed E-state index contributed by atoms with van der Waals surface area (Å²) in [7, 11) is 0. The lowest BCUT2D eigenvalue weighted by atomic mass is 10.3. The summed E-state index contributed by atoms with van der Waals surface area (Å²) in [5.74, 6) is -0.0947. The minimum atomic E-state index is -0.385. The predicted molar refractivity (Wildman–Crippen MR) is 57.9 cm³/mol. The van der Waals surface area contributed by atoms with E-state index < -0.39 is 0 Å². The van der Waals surface area contributed by atoms with Gasteiger partial charge in [0.15, 0.2) is 0 Å². The lowest BCUT2D eigenvalue weighted by Crippen LogP contribution is -2.38. The molecule has 0 aromatic rings. The highest BCUT2D eigenvalue weighted by Crippen LogP contribution is 2.18. The number of amides is 1. The summed E-state index contributed by atoms with van der Waals surface area (Å²) in [5.41, 5.74) is 0.819. The van der Waals surface area contributed by atoms with Gasteiger partial charge in [0, 0.05) is 18.7 Å². The molecule has 0 aromatic heterocycles. The Kier molecular flexibility index (Phi) is 3.83. The van der Waals surface area contributed by atoms with Crippen LogP contribution < -0.4 is 5.32 Å². The molecule has 2 unspecified atom stereocenters. The van der Waals surface area contributed by atoms with Gasteiger partial charge in [0.25, 0.3) is 0 Å². The fourth-order valence-corrected chi connectivity index (χ4v) is 1.62. The molecule has 80 valence electrons. The van der Waals surface area contributed by atoms with Gasteiger partial charge in [0.2, 0.25) is 5.91 Å². The molecule has 1 saturated heterocycles. The van der Waals surface area contributed by atoms with Gasteiger partial charge in [-0.1, -0.05) is 6.58 Å². The van der Waals surface area contributed by atoms with E-state index in [0.717, 1.165) is 5.70 Å². The van der Waals surface area contributed by atoms with Crippen LogP contribution in [0.25, 0.3) is 0 Å². The quantitative estimate of drug-likeness (QED) is 0.458. The van der Waals surface area contributed by atoms with Crippen molar-refractivity contribution in [3.63, 3.8) is 0 Å². The summed E-state index contributed by atoms with van der Waals surface area (Å²) >= 11 is 4.05. The molecule has 4 nitrogen and oxygen atoms in total. The molecule has 1 rings (SSSR count). The van der Waals surface area contributed by atoms with E-state index in [-0.39, 0.29) is 23.9 Å². The third-order valence-corrected chi connectivity index (χ3v) is 2.18. The number of likely N-dealkylation sites (tertiary alicyclic amines) is 1. The minimum absolute atomic E-state index is 0.0947. The fourth-order valence-electron chi connectivity index (χ4n) is 1.48. The number of rotatable bonds is 3. The number of hydrogen-bond donors (Lipinski definition) is 3. The average molecular weight is 216 g/mol. The highest BCUT2D eigenvalue weighted by Gasteiger charge is 2.24. The first-order chi connectivity index (χ1) is 6.49. The van der Waals surface area contributed by atoms with E-state index in [1.165, 1.54) is 0 Å². The molecule has 0 spiro atoms. The molecule has 0 aliphatic carbocycles. The minimum Gasteiger partial charge on any atom is -0.391 e. The van der Waals surface area contributed by atoms with Gasteiger partial charge in [-0.15, -0.1) is 0 Å². The van der Waals surface area contributed by atoms with Crippen LogP contribution in [0, 0.1) is 0 Å². The van der Waals surface area contributed by atoms with Crippen LogP contribution in [-0.4, -0.2) is 40.5 Å². The van der Waals surface area contributed by atoms with Crippen molar-refractivity contribution in [3.8, 4) is 0 Å². The van der Waals surface area contributed by atoms with Crippen LogP contribution in [0.5, 0.6) is 0 Å². The highest BCUT2D eigenvalue weighted by molar-refractivity contribution is 7.80. The van der Waals surface area contributed by atoms with Gasteiger partial charge in [-0.25, -0.2) is 0 Å². The van der Waals surface area contributed by atoms with Gasteiger partial charge in [-0.05, 0) is 6.92 Å². The van der Waals surface area contributed by atoms with Crippen LogP contribution in [0.15, 0.2) is 12.3 Å². The number of nitrogens with one attached hydrogen (secondary N) is 1. The summed E-state index contributed by atoms with van der Waals surface area (Å²) in [5, 5.41) is 11.8. The van der Waals surface area contributed by atoms with E-state index in [0.29, 0.717) is 13.0 Å². The standard InChI is InChI=1S/C9H16N2O2S/c1-6-3-8(12)4-11(6)5-9(13)10-7(2)14/h7-8,12,14H,1,3-5H2,2H3,(H,10,13). The molecule has 0 saturated carbocycles. The van der Waals surface area contributed by atoms with Gasteiger partial charge < -0.3 is 15.3 Å². The van der Waals surface area contributed by atoms with Crippen molar-refractivity contribution in [2.24, 2.45) is 0 Å². The topological polar surface area (TPSA) is 52.6 Å².